The molecule has 1 saturated heterocycles. The smallest absolute Gasteiger partial charge is 0.255 e. The summed E-state index contributed by atoms with van der Waals surface area (Å²) in [6.45, 7) is 4.85. The normalized spacial score (nSPS) is 25.4. The number of alkyl halides is 2. The Labute approximate surface area is 95.2 Å². The summed E-state index contributed by atoms with van der Waals surface area (Å²) >= 11 is 0. The van der Waals surface area contributed by atoms with Crippen molar-refractivity contribution in [2.24, 2.45) is 11.3 Å². The van der Waals surface area contributed by atoms with Crippen molar-refractivity contribution >= 4 is 5.91 Å². The molecule has 1 N–H and O–H groups in total. The first-order chi connectivity index (χ1) is 7.40. The quantitative estimate of drug-likeness (QED) is 0.796. The van der Waals surface area contributed by atoms with Crippen molar-refractivity contribution in [2.75, 3.05) is 26.7 Å². The van der Waals surface area contributed by atoms with E-state index >= 15 is 0 Å². The first kappa shape index (κ1) is 13.4. The van der Waals surface area contributed by atoms with Gasteiger partial charge >= 0.3 is 0 Å². The molecule has 94 valence electrons. The fraction of sp³-hybridized carbons (Fsp3) is 0.909. The van der Waals surface area contributed by atoms with Crippen molar-refractivity contribution in [3.63, 3.8) is 0 Å². The van der Waals surface area contributed by atoms with E-state index in [4.69, 9.17) is 0 Å². The van der Waals surface area contributed by atoms with Gasteiger partial charge in [-0.3, -0.25) is 4.79 Å². The second kappa shape index (κ2) is 5.08. The highest BCUT2D eigenvalue weighted by Gasteiger charge is 2.45. The standard InChI is InChI=1S/C11H20F2N2O/c1-8(2)11(4-5-14-7-11)10(16)15(3)6-9(12)13/h8-9,14H,4-7H2,1-3H3. The Morgan fingerprint density at radius 1 is 1.50 bits per heavy atom. The minimum atomic E-state index is -2.47. The van der Waals surface area contributed by atoms with E-state index in [9.17, 15) is 13.6 Å². The zero-order chi connectivity index (χ0) is 12.3. The second-order valence-electron chi connectivity index (χ2n) is 4.81. The van der Waals surface area contributed by atoms with Crippen LogP contribution in [0.4, 0.5) is 8.78 Å². The highest BCUT2D eigenvalue weighted by molar-refractivity contribution is 5.83. The average molecular weight is 234 g/mol. The van der Waals surface area contributed by atoms with Crippen LogP contribution in [0.25, 0.3) is 0 Å². The number of halogens is 2. The molecule has 1 aliphatic heterocycles. The summed E-state index contributed by atoms with van der Waals surface area (Å²) in [4.78, 5) is 13.4. The number of nitrogens with one attached hydrogen (secondary N) is 1. The summed E-state index contributed by atoms with van der Waals surface area (Å²) in [5.74, 6) is 0.00271. The van der Waals surface area contributed by atoms with Crippen molar-refractivity contribution in [3.8, 4) is 0 Å². The van der Waals surface area contributed by atoms with Crippen molar-refractivity contribution < 1.29 is 13.6 Å². The third-order valence-corrected chi connectivity index (χ3v) is 3.48. The van der Waals surface area contributed by atoms with Crippen LogP contribution >= 0.6 is 0 Å². The topological polar surface area (TPSA) is 32.3 Å². The molecule has 1 amide bonds. The molecule has 0 aromatic carbocycles. The van der Waals surface area contributed by atoms with Gasteiger partial charge in [-0.1, -0.05) is 13.8 Å². The average Bonchev–Trinajstić information content (AvgIpc) is 2.65. The molecule has 1 atom stereocenters. The maximum absolute atomic E-state index is 12.2. The molecule has 16 heavy (non-hydrogen) atoms. The third-order valence-electron chi connectivity index (χ3n) is 3.48. The van der Waals surface area contributed by atoms with Crippen LogP contribution in [0.2, 0.25) is 0 Å². The minimum absolute atomic E-state index is 0.159. The van der Waals surface area contributed by atoms with Crippen LogP contribution in [-0.4, -0.2) is 43.9 Å². The number of hydrogen-bond acceptors (Lipinski definition) is 2. The molecule has 0 saturated carbocycles. The summed E-state index contributed by atoms with van der Waals surface area (Å²) in [7, 11) is 1.46. The van der Waals surface area contributed by atoms with Gasteiger partial charge in [0.1, 0.15) is 0 Å². The van der Waals surface area contributed by atoms with Gasteiger partial charge in [0.2, 0.25) is 5.91 Å². The van der Waals surface area contributed by atoms with E-state index in [1.165, 1.54) is 7.05 Å². The van der Waals surface area contributed by atoms with Crippen LogP contribution < -0.4 is 5.32 Å². The second-order valence-corrected chi connectivity index (χ2v) is 4.81. The van der Waals surface area contributed by atoms with Gasteiger partial charge in [-0.05, 0) is 18.9 Å². The minimum Gasteiger partial charge on any atom is -0.340 e. The summed E-state index contributed by atoms with van der Waals surface area (Å²) < 4.78 is 24.5. The maximum Gasteiger partial charge on any atom is 0.255 e. The third kappa shape index (κ3) is 2.51. The predicted molar refractivity (Wildman–Crippen MR) is 58.4 cm³/mol. The largest absolute Gasteiger partial charge is 0.340 e. The lowest BCUT2D eigenvalue weighted by molar-refractivity contribution is -0.144. The number of carbonyl (C=O) groups excluding carboxylic acids is 1. The van der Waals surface area contributed by atoms with Gasteiger partial charge in [0, 0.05) is 13.6 Å². The molecule has 5 heteroatoms. The van der Waals surface area contributed by atoms with Crippen LogP contribution in [0, 0.1) is 11.3 Å². The predicted octanol–water partition coefficient (Wildman–Crippen LogP) is 1.35. The molecule has 1 heterocycles. The van der Waals surface area contributed by atoms with Gasteiger partial charge in [-0.15, -0.1) is 0 Å². The first-order valence-electron chi connectivity index (χ1n) is 5.64. The molecule has 0 aliphatic carbocycles. The number of hydrogen-bond donors (Lipinski definition) is 1. The molecule has 1 fully saturated rings. The summed E-state index contributed by atoms with van der Waals surface area (Å²) in [5.41, 5.74) is -0.496. The van der Waals surface area contributed by atoms with Crippen molar-refractivity contribution in [1.29, 1.82) is 0 Å². The van der Waals surface area contributed by atoms with Crippen LogP contribution in [0.5, 0.6) is 0 Å². The van der Waals surface area contributed by atoms with Crippen LogP contribution in [0.15, 0.2) is 0 Å². The molecule has 1 rings (SSSR count). The summed E-state index contributed by atoms with van der Waals surface area (Å²) in [5, 5.41) is 3.15. The molecule has 1 unspecified atom stereocenters. The number of nitrogens with zero attached hydrogens (tertiary/aromatic N) is 1. The Kier molecular flexibility index (Phi) is 4.24. The zero-order valence-electron chi connectivity index (χ0n) is 10.1. The van der Waals surface area contributed by atoms with E-state index in [1.807, 2.05) is 13.8 Å². The maximum atomic E-state index is 12.2. The summed E-state index contributed by atoms with van der Waals surface area (Å²) in [6, 6.07) is 0. The van der Waals surface area contributed by atoms with E-state index in [-0.39, 0.29) is 11.8 Å². The van der Waals surface area contributed by atoms with Crippen molar-refractivity contribution in [3.05, 3.63) is 0 Å². The number of amides is 1. The van der Waals surface area contributed by atoms with Crippen molar-refractivity contribution in [1.82, 2.24) is 10.2 Å². The van der Waals surface area contributed by atoms with Gasteiger partial charge in [0.15, 0.2) is 0 Å². The molecule has 1 aliphatic rings. The molecular formula is C11H20F2N2O. The highest BCUT2D eigenvalue weighted by Crippen LogP contribution is 2.35. The monoisotopic (exact) mass is 234 g/mol. The van der Waals surface area contributed by atoms with Crippen LogP contribution in [-0.2, 0) is 4.79 Å². The van der Waals surface area contributed by atoms with Gasteiger partial charge in [0.25, 0.3) is 6.43 Å². The Hall–Kier alpha value is -0.710. The van der Waals surface area contributed by atoms with Crippen LogP contribution in [0.1, 0.15) is 20.3 Å². The Balaban J connectivity index is 2.76. The molecule has 0 bridgehead atoms. The van der Waals surface area contributed by atoms with Crippen molar-refractivity contribution in [2.45, 2.75) is 26.7 Å². The van der Waals surface area contributed by atoms with E-state index in [0.29, 0.717) is 6.54 Å². The summed E-state index contributed by atoms with van der Waals surface area (Å²) in [6.07, 6.45) is -1.73. The Bertz CT molecular complexity index is 250. The molecule has 3 nitrogen and oxygen atoms in total. The number of carbonyl (C=O) groups is 1. The first-order valence-corrected chi connectivity index (χ1v) is 5.64. The van der Waals surface area contributed by atoms with Gasteiger partial charge in [-0.2, -0.15) is 0 Å². The molecule has 0 aromatic rings. The van der Waals surface area contributed by atoms with Gasteiger partial charge in [-0.25, -0.2) is 8.78 Å². The van der Waals surface area contributed by atoms with E-state index < -0.39 is 18.4 Å². The SMILES string of the molecule is CC(C)C1(C(=O)N(C)CC(F)F)CCNC1. The lowest BCUT2D eigenvalue weighted by Crippen LogP contribution is -2.48. The van der Waals surface area contributed by atoms with Crippen LogP contribution in [0.3, 0.4) is 0 Å². The Morgan fingerprint density at radius 2 is 2.12 bits per heavy atom. The van der Waals surface area contributed by atoms with Gasteiger partial charge < -0.3 is 10.2 Å². The molecule has 0 radical (unpaired) electrons. The lowest BCUT2D eigenvalue weighted by atomic mass is 9.75. The molecule has 0 spiro atoms. The highest BCUT2D eigenvalue weighted by atomic mass is 19.3. The lowest BCUT2D eigenvalue weighted by Gasteiger charge is -2.35. The van der Waals surface area contributed by atoms with E-state index in [1.54, 1.807) is 0 Å². The van der Waals surface area contributed by atoms with E-state index in [2.05, 4.69) is 5.32 Å². The van der Waals surface area contributed by atoms with Gasteiger partial charge in [0.05, 0.1) is 12.0 Å². The number of rotatable bonds is 4. The van der Waals surface area contributed by atoms with E-state index in [0.717, 1.165) is 17.9 Å². The fourth-order valence-corrected chi connectivity index (χ4v) is 2.30. The fourth-order valence-electron chi connectivity index (χ4n) is 2.30. The zero-order valence-corrected chi connectivity index (χ0v) is 10.1. The molecular weight excluding hydrogens is 214 g/mol. The molecule has 0 aromatic heterocycles. The Morgan fingerprint density at radius 3 is 2.50 bits per heavy atom.